The number of carbonyl (C=O) groups excluding carboxylic acids is 1. The van der Waals surface area contributed by atoms with Crippen LogP contribution in [0.3, 0.4) is 0 Å². The van der Waals surface area contributed by atoms with Gasteiger partial charge in [-0.3, -0.25) is 0 Å². The third-order valence-corrected chi connectivity index (χ3v) is 3.68. The highest BCUT2D eigenvalue weighted by Crippen LogP contribution is 2.50. The number of hydrogen-bond acceptors (Lipinski definition) is 2. The summed E-state index contributed by atoms with van der Waals surface area (Å²) in [5.74, 6) is 0.404. The van der Waals surface area contributed by atoms with E-state index in [-0.39, 0.29) is 11.5 Å². The molecule has 2 atom stereocenters. The maximum atomic E-state index is 10.8. The molecule has 0 heterocycles. The van der Waals surface area contributed by atoms with E-state index in [4.69, 9.17) is 0 Å². The van der Waals surface area contributed by atoms with Gasteiger partial charge in [-0.25, -0.2) is 0 Å². The lowest BCUT2D eigenvalue weighted by Crippen LogP contribution is -2.27. The van der Waals surface area contributed by atoms with Crippen molar-refractivity contribution in [3.8, 4) is 0 Å². The normalized spacial score (nSPS) is 37.0. The summed E-state index contributed by atoms with van der Waals surface area (Å²) >= 11 is 0. The number of carbonyl (C=O) groups is 1. The number of rotatable bonds is 3. The van der Waals surface area contributed by atoms with Gasteiger partial charge in [0.15, 0.2) is 0 Å². The quantitative estimate of drug-likeness (QED) is 0.677. The van der Waals surface area contributed by atoms with Crippen LogP contribution in [0.5, 0.6) is 0 Å². The van der Waals surface area contributed by atoms with Crippen LogP contribution in [0, 0.1) is 11.3 Å². The van der Waals surface area contributed by atoms with E-state index in [9.17, 15) is 9.90 Å². The van der Waals surface area contributed by atoms with Crippen molar-refractivity contribution in [2.75, 3.05) is 0 Å². The van der Waals surface area contributed by atoms with Gasteiger partial charge in [0.1, 0.15) is 6.29 Å². The second-order valence-corrected chi connectivity index (χ2v) is 4.80. The Hall–Kier alpha value is -0.370. The Morgan fingerprint density at radius 2 is 2.00 bits per heavy atom. The average Bonchev–Trinajstić information content (AvgIpc) is 2.90. The summed E-state index contributed by atoms with van der Waals surface area (Å²) in [5, 5.41) is 9.74. The van der Waals surface area contributed by atoms with Gasteiger partial charge in [0.05, 0.1) is 6.10 Å². The first kappa shape index (κ1) is 9.20. The van der Waals surface area contributed by atoms with Crippen LogP contribution in [-0.4, -0.2) is 17.5 Å². The molecule has 0 aromatic heterocycles. The summed E-state index contributed by atoms with van der Waals surface area (Å²) in [4.78, 5) is 10.8. The molecule has 1 N–H and O–H groups in total. The third-order valence-electron chi connectivity index (χ3n) is 3.68. The van der Waals surface area contributed by atoms with Gasteiger partial charge in [-0.2, -0.15) is 0 Å². The molecule has 0 aliphatic heterocycles. The molecule has 0 bridgehead atoms. The molecule has 13 heavy (non-hydrogen) atoms. The molecule has 2 aliphatic carbocycles. The van der Waals surface area contributed by atoms with Crippen LogP contribution >= 0.6 is 0 Å². The van der Waals surface area contributed by atoms with E-state index in [0.29, 0.717) is 5.92 Å². The van der Waals surface area contributed by atoms with Gasteiger partial charge in [0, 0.05) is 5.41 Å². The molecule has 0 amide bonds. The van der Waals surface area contributed by atoms with Crippen molar-refractivity contribution in [2.45, 2.75) is 51.0 Å². The second kappa shape index (κ2) is 3.41. The van der Waals surface area contributed by atoms with E-state index in [1.807, 2.05) is 0 Å². The van der Waals surface area contributed by atoms with E-state index >= 15 is 0 Å². The summed E-state index contributed by atoms with van der Waals surface area (Å²) in [5.41, 5.74) is -0.0109. The van der Waals surface area contributed by atoms with E-state index < -0.39 is 0 Å². The lowest BCUT2D eigenvalue weighted by Gasteiger charge is -2.29. The molecule has 0 aromatic rings. The smallest absolute Gasteiger partial charge is 0.126 e. The van der Waals surface area contributed by atoms with E-state index in [0.717, 1.165) is 44.8 Å². The zero-order valence-corrected chi connectivity index (χ0v) is 8.04. The molecule has 2 nitrogen and oxygen atoms in total. The predicted molar refractivity (Wildman–Crippen MR) is 50.3 cm³/mol. The minimum absolute atomic E-state index is 0.0109. The van der Waals surface area contributed by atoms with Crippen LogP contribution in [0.4, 0.5) is 0 Å². The zero-order valence-electron chi connectivity index (χ0n) is 8.04. The minimum atomic E-state index is -0.133. The molecule has 2 heteroatoms. The Kier molecular flexibility index (Phi) is 2.41. The fraction of sp³-hybridized carbons (Fsp3) is 0.909. The topological polar surface area (TPSA) is 37.3 Å². The van der Waals surface area contributed by atoms with E-state index in [2.05, 4.69) is 0 Å². The summed E-state index contributed by atoms with van der Waals surface area (Å²) in [7, 11) is 0. The van der Waals surface area contributed by atoms with Crippen LogP contribution in [0.15, 0.2) is 0 Å². The van der Waals surface area contributed by atoms with Gasteiger partial charge in [0.25, 0.3) is 0 Å². The van der Waals surface area contributed by atoms with Crippen molar-refractivity contribution in [3.05, 3.63) is 0 Å². The molecule has 0 spiro atoms. The van der Waals surface area contributed by atoms with Gasteiger partial charge < -0.3 is 9.90 Å². The van der Waals surface area contributed by atoms with Crippen LogP contribution < -0.4 is 0 Å². The standard InChI is InChI=1S/C11H18O2/c12-8-11(5-6-11)7-9-3-1-2-4-10(9)13/h8-10,13H,1-7H2. The SMILES string of the molecule is O=CC1(CC2CCCCC2O)CC1. The Balaban J connectivity index is 1.89. The Labute approximate surface area is 79.3 Å². The van der Waals surface area contributed by atoms with Crippen molar-refractivity contribution < 1.29 is 9.90 Å². The first-order valence-corrected chi connectivity index (χ1v) is 5.40. The molecule has 2 rings (SSSR count). The molecule has 74 valence electrons. The third kappa shape index (κ3) is 1.93. The zero-order chi connectivity index (χ0) is 9.31. The summed E-state index contributed by atoms with van der Waals surface area (Å²) in [6, 6.07) is 0. The molecular formula is C11H18O2. The summed E-state index contributed by atoms with van der Waals surface area (Å²) in [6.07, 6.45) is 8.50. The van der Waals surface area contributed by atoms with Crippen LogP contribution in [0.1, 0.15) is 44.9 Å². The lowest BCUT2D eigenvalue weighted by atomic mass is 9.80. The molecule has 2 unspecified atom stereocenters. The number of aliphatic hydroxyl groups is 1. The van der Waals surface area contributed by atoms with Crippen LogP contribution in [0.2, 0.25) is 0 Å². The van der Waals surface area contributed by atoms with Gasteiger partial charge in [-0.15, -0.1) is 0 Å². The first-order chi connectivity index (χ1) is 6.26. The highest BCUT2D eigenvalue weighted by Gasteiger charge is 2.45. The minimum Gasteiger partial charge on any atom is -0.393 e. The summed E-state index contributed by atoms with van der Waals surface area (Å²) < 4.78 is 0. The Morgan fingerprint density at radius 1 is 1.31 bits per heavy atom. The fourth-order valence-electron chi connectivity index (χ4n) is 2.48. The molecular weight excluding hydrogens is 164 g/mol. The number of aliphatic hydroxyl groups excluding tert-OH is 1. The highest BCUT2D eigenvalue weighted by atomic mass is 16.3. The first-order valence-electron chi connectivity index (χ1n) is 5.40. The predicted octanol–water partition coefficient (Wildman–Crippen LogP) is 1.91. The number of aldehydes is 1. The van der Waals surface area contributed by atoms with Crippen molar-refractivity contribution in [1.29, 1.82) is 0 Å². The van der Waals surface area contributed by atoms with Crippen molar-refractivity contribution in [3.63, 3.8) is 0 Å². The van der Waals surface area contributed by atoms with Gasteiger partial charge in [0.2, 0.25) is 0 Å². The molecule has 2 aliphatic rings. The van der Waals surface area contributed by atoms with Crippen molar-refractivity contribution in [1.82, 2.24) is 0 Å². The maximum absolute atomic E-state index is 10.8. The lowest BCUT2D eigenvalue weighted by molar-refractivity contribution is -0.113. The Morgan fingerprint density at radius 3 is 2.54 bits per heavy atom. The van der Waals surface area contributed by atoms with Gasteiger partial charge in [-0.1, -0.05) is 12.8 Å². The molecule has 2 fully saturated rings. The van der Waals surface area contributed by atoms with E-state index in [1.54, 1.807) is 0 Å². The summed E-state index contributed by atoms with van der Waals surface area (Å²) in [6.45, 7) is 0. The maximum Gasteiger partial charge on any atom is 0.126 e. The second-order valence-electron chi connectivity index (χ2n) is 4.80. The van der Waals surface area contributed by atoms with Gasteiger partial charge in [-0.05, 0) is 38.0 Å². The van der Waals surface area contributed by atoms with Gasteiger partial charge >= 0.3 is 0 Å². The van der Waals surface area contributed by atoms with Crippen LogP contribution in [0.25, 0.3) is 0 Å². The molecule has 0 aromatic carbocycles. The molecule has 2 saturated carbocycles. The molecule has 0 saturated heterocycles. The molecule has 0 radical (unpaired) electrons. The van der Waals surface area contributed by atoms with Crippen LogP contribution in [-0.2, 0) is 4.79 Å². The average molecular weight is 182 g/mol. The van der Waals surface area contributed by atoms with Crippen molar-refractivity contribution in [2.24, 2.45) is 11.3 Å². The highest BCUT2D eigenvalue weighted by molar-refractivity contribution is 5.63. The Bertz CT molecular complexity index is 196. The van der Waals surface area contributed by atoms with Crippen molar-refractivity contribution >= 4 is 6.29 Å². The monoisotopic (exact) mass is 182 g/mol. The fourth-order valence-corrected chi connectivity index (χ4v) is 2.48. The largest absolute Gasteiger partial charge is 0.393 e. The number of hydrogen-bond donors (Lipinski definition) is 1. The van der Waals surface area contributed by atoms with E-state index in [1.165, 1.54) is 6.42 Å².